The molecule has 2 rings (SSSR count). The second-order valence-electron chi connectivity index (χ2n) is 5.57. The van der Waals surface area contributed by atoms with Gasteiger partial charge in [0, 0.05) is 12.1 Å². The molecule has 118 valence electrons. The van der Waals surface area contributed by atoms with Gasteiger partial charge in [-0.05, 0) is 31.4 Å². The van der Waals surface area contributed by atoms with Crippen LogP contribution in [0.4, 0.5) is 0 Å². The fourth-order valence-electron chi connectivity index (χ4n) is 2.91. The number of carboxylic acids is 1. The number of amides is 1. The highest BCUT2D eigenvalue weighted by Crippen LogP contribution is 2.44. The highest BCUT2D eigenvalue weighted by molar-refractivity contribution is 7.92. The van der Waals surface area contributed by atoms with Crippen molar-refractivity contribution in [3.8, 4) is 0 Å². The van der Waals surface area contributed by atoms with Crippen molar-refractivity contribution < 1.29 is 24.4 Å². The Bertz CT molecular complexity index is 493. The van der Waals surface area contributed by atoms with Crippen LogP contribution in [0.25, 0.3) is 0 Å². The molecular formula is C13H20N2O5S. The van der Waals surface area contributed by atoms with Crippen molar-refractivity contribution >= 4 is 23.1 Å². The van der Waals surface area contributed by atoms with E-state index in [1.165, 1.54) is 11.8 Å². The molecular weight excluding hydrogens is 296 g/mol. The molecule has 8 heteroatoms. The Kier molecular flexibility index (Phi) is 4.62. The van der Waals surface area contributed by atoms with E-state index >= 15 is 0 Å². The first-order chi connectivity index (χ1) is 9.79. The fourth-order valence-corrected chi connectivity index (χ4v) is 4.01. The molecule has 0 aliphatic carbocycles. The number of aliphatic carboxylic acids is 1. The number of fused-ring (bicyclic) bond motifs is 1. The number of aliphatic hydroxyl groups excluding tert-OH is 1. The lowest BCUT2D eigenvalue weighted by atomic mass is 9.83. The topological polar surface area (TPSA) is 127 Å². The van der Waals surface area contributed by atoms with Crippen LogP contribution in [0.15, 0.2) is 11.3 Å². The molecule has 0 radical (unpaired) electrons. The van der Waals surface area contributed by atoms with Gasteiger partial charge in [0.15, 0.2) is 0 Å². The van der Waals surface area contributed by atoms with Crippen LogP contribution in [0.1, 0.15) is 20.3 Å². The van der Waals surface area contributed by atoms with Gasteiger partial charge in [0.25, 0.3) is 0 Å². The Morgan fingerprint density at radius 2 is 2.19 bits per heavy atom. The number of carbonyl (C=O) groups excluding carboxylic acids is 1. The molecule has 2 heterocycles. The second kappa shape index (κ2) is 5.96. The summed E-state index contributed by atoms with van der Waals surface area (Å²) in [5, 5.41) is 18.7. The summed E-state index contributed by atoms with van der Waals surface area (Å²) in [5.74, 6) is -2.04. The first-order valence-electron chi connectivity index (χ1n) is 6.83. The average Bonchev–Trinajstić information content (AvgIpc) is 2.71. The summed E-state index contributed by atoms with van der Waals surface area (Å²) in [6.07, 6.45) is -0.465. The third-order valence-electron chi connectivity index (χ3n) is 4.12. The molecule has 5 atom stereocenters. The maximum atomic E-state index is 12.1. The Morgan fingerprint density at radius 3 is 2.67 bits per heavy atom. The number of hydrogen-bond acceptors (Lipinski definition) is 5. The smallest absolute Gasteiger partial charge is 0.352 e. The summed E-state index contributed by atoms with van der Waals surface area (Å²) < 4.78 is 12.1. The van der Waals surface area contributed by atoms with Crippen molar-refractivity contribution in [2.24, 2.45) is 11.7 Å². The van der Waals surface area contributed by atoms with Crippen molar-refractivity contribution in [2.45, 2.75) is 37.7 Å². The Morgan fingerprint density at radius 1 is 1.57 bits per heavy atom. The van der Waals surface area contributed by atoms with Gasteiger partial charge in [-0.15, -0.1) is 0 Å². The lowest BCUT2D eigenvalue weighted by molar-refractivity contribution is -0.161. The van der Waals surface area contributed by atoms with Gasteiger partial charge in [0.05, 0.1) is 18.1 Å². The van der Waals surface area contributed by atoms with Crippen LogP contribution in [0.3, 0.4) is 0 Å². The van der Waals surface area contributed by atoms with Gasteiger partial charge >= 0.3 is 5.97 Å². The maximum absolute atomic E-state index is 12.1. The number of carbonyl (C=O) groups is 2. The van der Waals surface area contributed by atoms with Crippen molar-refractivity contribution in [2.75, 3.05) is 12.3 Å². The number of carboxylic acid groups (broad SMARTS) is 1. The van der Waals surface area contributed by atoms with Gasteiger partial charge in [0.2, 0.25) is 5.91 Å². The molecule has 21 heavy (non-hydrogen) atoms. The van der Waals surface area contributed by atoms with Crippen LogP contribution in [-0.4, -0.2) is 61.2 Å². The van der Waals surface area contributed by atoms with Gasteiger partial charge in [-0.2, -0.15) is 0 Å². The molecule has 0 aromatic heterocycles. The maximum Gasteiger partial charge on any atom is 0.352 e. The van der Waals surface area contributed by atoms with Gasteiger partial charge in [-0.25, -0.2) is 4.79 Å². The molecule has 0 bridgehead atoms. The zero-order chi connectivity index (χ0) is 15.9. The van der Waals surface area contributed by atoms with E-state index in [0.29, 0.717) is 12.0 Å². The van der Waals surface area contributed by atoms with Gasteiger partial charge < -0.3 is 25.4 Å². The van der Waals surface area contributed by atoms with E-state index in [9.17, 15) is 24.4 Å². The number of aliphatic hydroxyl groups is 1. The van der Waals surface area contributed by atoms with Crippen LogP contribution < -0.4 is 5.73 Å². The van der Waals surface area contributed by atoms with E-state index in [0.717, 1.165) is 0 Å². The number of β-lactam (4-membered cyclic amide) rings is 1. The molecule has 0 spiro atoms. The van der Waals surface area contributed by atoms with Crippen molar-refractivity contribution in [1.82, 2.24) is 4.90 Å². The minimum Gasteiger partial charge on any atom is -0.616 e. The molecule has 2 aliphatic heterocycles. The van der Waals surface area contributed by atoms with Crippen LogP contribution in [-0.2, 0) is 20.8 Å². The third-order valence-corrected chi connectivity index (χ3v) is 5.84. The molecule has 4 N–H and O–H groups in total. The Balaban J connectivity index is 2.21. The standard InChI is InChI=1S/C13H20N2O5S/c1-6(4-14)21(20)5-8-3-9-10(7(2)16)12(17)15(9)11(8)13(18)19/h6-7,9-10,16H,3-5,14H2,1-2H3,(H,18,19). The molecule has 0 saturated carbocycles. The van der Waals surface area contributed by atoms with E-state index in [1.54, 1.807) is 6.92 Å². The van der Waals surface area contributed by atoms with E-state index in [-0.39, 0.29) is 35.2 Å². The van der Waals surface area contributed by atoms with Crippen LogP contribution in [0.5, 0.6) is 0 Å². The summed E-state index contributed by atoms with van der Waals surface area (Å²) in [7, 11) is 0. The van der Waals surface area contributed by atoms with Gasteiger partial charge in [0.1, 0.15) is 16.7 Å². The molecule has 1 saturated heterocycles. The molecule has 0 aromatic carbocycles. The first kappa shape index (κ1) is 16.3. The second-order valence-corrected chi connectivity index (χ2v) is 7.43. The molecule has 0 aromatic rings. The average molecular weight is 316 g/mol. The largest absolute Gasteiger partial charge is 0.616 e. The van der Waals surface area contributed by atoms with E-state index < -0.39 is 29.2 Å². The SMILES string of the molecule is CC(O)C1C(=O)N2C(C(=O)O)=C(C[S+]([O-])C(C)CN)CC12. The van der Waals surface area contributed by atoms with Crippen LogP contribution in [0.2, 0.25) is 0 Å². The highest BCUT2D eigenvalue weighted by atomic mass is 32.2. The molecule has 1 amide bonds. The summed E-state index contributed by atoms with van der Waals surface area (Å²) in [4.78, 5) is 24.6. The lowest BCUT2D eigenvalue weighted by Crippen LogP contribution is -2.61. The quantitative estimate of drug-likeness (QED) is 0.427. The minimum absolute atomic E-state index is 0.0699. The van der Waals surface area contributed by atoms with Crippen molar-refractivity contribution in [3.63, 3.8) is 0 Å². The van der Waals surface area contributed by atoms with E-state index in [2.05, 4.69) is 0 Å². The van der Waals surface area contributed by atoms with Crippen molar-refractivity contribution in [3.05, 3.63) is 11.3 Å². The highest BCUT2D eigenvalue weighted by Gasteiger charge is 2.57. The van der Waals surface area contributed by atoms with Crippen LogP contribution in [0, 0.1) is 5.92 Å². The number of nitrogens with zero attached hydrogens (tertiary/aromatic N) is 1. The zero-order valence-corrected chi connectivity index (χ0v) is 12.8. The Hall–Kier alpha value is -1.09. The number of rotatable bonds is 6. The summed E-state index contributed by atoms with van der Waals surface area (Å²) in [6, 6.07) is -0.330. The number of hydrogen-bond donors (Lipinski definition) is 3. The monoisotopic (exact) mass is 316 g/mol. The molecule has 5 unspecified atom stereocenters. The summed E-state index contributed by atoms with van der Waals surface area (Å²) >= 11 is -1.27. The van der Waals surface area contributed by atoms with Crippen molar-refractivity contribution in [1.29, 1.82) is 0 Å². The van der Waals surface area contributed by atoms with E-state index in [1.807, 2.05) is 0 Å². The molecule has 2 aliphatic rings. The normalized spacial score (nSPS) is 29.0. The first-order valence-corrected chi connectivity index (χ1v) is 8.21. The predicted molar refractivity (Wildman–Crippen MR) is 76.6 cm³/mol. The zero-order valence-electron chi connectivity index (χ0n) is 12.0. The Labute approximate surface area is 126 Å². The number of nitrogens with two attached hydrogens (primary N) is 1. The summed E-state index contributed by atoms with van der Waals surface area (Å²) in [6.45, 7) is 3.52. The molecule has 1 fully saturated rings. The van der Waals surface area contributed by atoms with Gasteiger partial charge in [-0.3, -0.25) is 4.79 Å². The minimum atomic E-state index is -1.27. The van der Waals surface area contributed by atoms with Gasteiger partial charge in [-0.1, -0.05) is 0 Å². The third kappa shape index (κ3) is 2.68. The lowest BCUT2D eigenvalue weighted by Gasteiger charge is -2.44. The summed E-state index contributed by atoms with van der Waals surface area (Å²) in [5.41, 5.74) is 5.90. The predicted octanol–water partition coefficient (Wildman–Crippen LogP) is -0.967. The van der Waals surface area contributed by atoms with E-state index in [4.69, 9.17) is 5.73 Å². The fraction of sp³-hybridized carbons (Fsp3) is 0.692. The molecule has 7 nitrogen and oxygen atoms in total. The van der Waals surface area contributed by atoms with Crippen LogP contribution >= 0.6 is 0 Å².